The Balaban J connectivity index is 1.64. The second-order valence-electron chi connectivity index (χ2n) is 5.56. The van der Waals surface area contributed by atoms with Crippen molar-refractivity contribution in [2.24, 2.45) is 0 Å². The van der Waals surface area contributed by atoms with Crippen LogP contribution in [0.5, 0.6) is 0 Å². The van der Waals surface area contributed by atoms with E-state index in [1.807, 2.05) is 6.07 Å². The largest absolute Gasteiger partial charge is 0.379 e. The van der Waals surface area contributed by atoms with E-state index in [0.717, 1.165) is 5.56 Å². The van der Waals surface area contributed by atoms with Crippen LogP contribution < -0.4 is 5.32 Å². The van der Waals surface area contributed by atoms with E-state index in [2.05, 4.69) is 10.3 Å². The lowest BCUT2D eigenvalue weighted by atomic mass is 10.2. The van der Waals surface area contributed by atoms with E-state index in [1.165, 1.54) is 10.5 Å². The molecule has 2 heterocycles. The van der Waals surface area contributed by atoms with Crippen LogP contribution >= 0.6 is 0 Å². The molecule has 1 aromatic heterocycles. The molecule has 0 aliphatic carbocycles. The van der Waals surface area contributed by atoms with Gasteiger partial charge in [-0.05, 0) is 29.8 Å². The number of benzene rings is 1. The standard InChI is InChI=1S/C17H18N4O3S/c18-11-15-3-6-17(20-13-15)19-12-14-1-4-16(5-2-14)25(22,23)21-7-9-24-10-8-21/h1-6,13H,7-10,12H2,(H,19,20). The van der Waals surface area contributed by atoms with Gasteiger partial charge in [-0.1, -0.05) is 12.1 Å². The predicted molar refractivity (Wildman–Crippen MR) is 92.3 cm³/mol. The van der Waals surface area contributed by atoms with Gasteiger partial charge in [-0.25, -0.2) is 13.4 Å². The molecule has 0 radical (unpaired) electrons. The molecule has 7 nitrogen and oxygen atoms in total. The summed E-state index contributed by atoms with van der Waals surface area (Å²) in [5, 5.41) is 11.9. The number of nitriles is 1. The zero-order valence-electron chi connectivity index (χ0n) is 13.6. The molecule has 0 unspecified atom stereocenters. The summed E-state index contributed by atoms with van der Waals surface area (Å²) >= 11 is 0. The number of ether oxygens (including phenoxy) is 1. The molecule has 1 N–H and O–H groups in total. The maximum absolute atomic E-state index is 12.6. The third-order valence-corrected chi connectivity index (χ3v) is 5.81. The Morgan fingerprint density at radius 2 is 1.88 bits per heavy atom. The molecule has 1 aromatic carbocycles. The molecule has 3 rings (SSSR count). The van der Waals surface area contributed by atoms with E-state index in [-0.39, 0.29) is 4.90 Å². The Kier molecular flexibility index (Phi) is 5.28. The van der Waals surface area contributed by atoms with E-state index >= 15 is 0 Å². The number of nitrogens with zero attached hydrogens (tertiary/aromatic N) is 3. The minimum atomic E-state index is -3.46. The van der Waals surface area contributed by atoms with Crippen molar-refractivity contribution in [3.05, 3.63) is 53.7 Å². The number of rotatable bonds is 5. The Bertz CT molecular complexity index is 852. The molecule has 0 spiro atoms. The summed E-state index contributed by atoms with van der Waals surface area (Å²) in [5.74, 6) is 0.656. The van der Waals surface area contributed by atoms with Crippen LogP contribution in [-0.2, 0) is 21.3 Å². The molecule has 2 aromatic rings. The Hall–Kier alpha value is -2.47. The molecule has 1 saturated heterocycles. The first-order chi connectivity index (χ1) is 12.1. The first kappa shape index (κ1) is 17.4. The number of aromatic nitrogens is 1. The zero-order chi connectivity index (χ0) is 17.7. The van der Waals surface area contributed by atoms with Crippen molar-refractivity contribution in [1.82, 2.24) is 9.29 Å². The van der Waals surface area contributed by atoms with E-state index in [0.29, 0.717) is 44.2 Å². The molecular weight excluding hydrogens is 340 g/mol. The molecule has 0 atom stereocenters. The predicted octanol–water partition coefficient (Wildman–Crippen LogP) is 1.59. The average molecular weight is 358 g/mol. The summed E-state index contributed by atoms with van der Waals surface area (Å²) in [6, 6.07) is 12.2. The first-order valence-corrected chi connectivity index (χ1v) is 9.30. The van der Waals surface area contributed by atoms with Gasteiger partial charge in [0.05, 0.1) is 23.7 Å². The molecule has 130 valence electrons. The highest BCUT2D eigenvalue weighted by atomic mass is 32.2. The lowest BCUT2D eigenvalue weighted by molar-refractivity contribution is 0.0730. The van der Waals surface area contributed by atoms with Crippen LogP contribution in [0.4, 0.5) is 5.82 Å². The molecule has 0 amide bonds. The summed E-state index contributed by atoms with van der Waals surface area (Å²) in [7, 11) is -3.46. The fraction of sp³-hybridized carbons (Fsp3) is 0.294. The highest BCUT2D eigenvalue weighted by Gasteiger charge is 2.25. The van der Waals surface area contributed by atoms with Crippen LogP contribution in [0, 0.1) is 11.3 Å². The quantitative estimate of drug-likeness (QED) is 0.872. The topological polar surface area (TPSA) is 95.3 Å². The second-order valence-corrected chi connectivity index (χ2v) is 7.50. The van der Waals surface area contributed by atoms with Crippen LogP contribution in [0.15, 0.2) is 47.5 Å². The fourth-order valence-electron chi connectivity index (χ4n) is 2.47. The zero-order valence-corrected chi connectivity index (χ0v) is 14.4. The number of pyridine rings is 1. The van der Waals surface area contributed by atoms with E-state index in [1.54, 1.807) is 36.4 Å². The normalized spacial score (nSPS) is 15.5. The summed E-state index contributed by atoms with van der Waals surface area (Å²) in [6.45, 7) is 2.14. The van der Waals surface area contributed by atoms with Crippen LogP contribution in [0.25, 0.3) is 0 Å². The third-order valence-electron chi connectivity index (χ3n) is 3.90. The SMILES string of the molecule is N#Cc1ccc(NCc2ccc(S(=O)(=O)N3CCOCC3)cc2)nc1. The second kappa shape index (κ2) is 7.61. The Labute approximate surface area is 146 Å². The van der Waals surface area contributed by atoms with Gasteiger partial charge >= 0.3 is 0 Å². The van der Waals surface area contributed by atoms with Gasteiger partial charge in [-0.3, -0.25) is 0 Å². The number of anilines is 1. The molecule has 8 heteroatoms. The van der Waals surface area contributed by atoms with Gasteiger partial charge in [0, 0.05) is 25.8 Å². The lowest BCUT2D eigenvalue weighted by Crippen LogP contribution is -2.40. The van der Waals surface area contributed by atoms with Crippen molar-refractivity contribution in [2.45, 2.75) is 11.4 Å². The smallest absolute Gasteiger partial charge is 0.243 e. The first-order valence-electron chi connectivity index (χ1n) is 7.86. The maximum Gasteiger partial charge on any atom is 0.243 e. The minimum absolute atomic E-state index is 0.287. The van der Waals surface area contributed by atoms with Crippen LogP contribution in [0.1, 0.15) is 11.1 Å². The summed E-state index contributed by atoms with van der Waals surface area (Å²) in [6.07, 6.45) is 1.50. The van der Waals surface area contributed by atoms with Gasteiger partial charge in [0.25, 0.3) is 0 Å². The van der Waals surface area contributed by atoms with Gasteiger partial charge in [0.2, 0.25) is 10.0 Å². The molecule has 0 saturated carbocycles. The fourth-order valence-corrected chi connectivity index (χ4v) is 3.88. The van der Waals surface area contributed by atoms with Crippen molar-refractivity contribution in [1.29, 1.82) is 5.26 Å². The van der Waals surface area contributed by atoms with Crippen molar-refractivity contribution >= 4 is 15.8 Å². The monoisotopic (exact) mass is 358 g/mol. The molecule has 1 aliphatic heterocycles. The Morgan fingerprint density at radius 3 is 2.48 bits per heavy atom. The minimum Gasteiger partial charge on any atom is -0.379 e. The molecule has 0 bridgehead atoms. The molecule has 25 heavy (non-hydrogen) atoms. The van der Waals surface area contributed by atoms with Crippen molar-refractivity contribution < 1.29 is 13.2 Å². The third kappa shape index (κ3) is 4.14. The van der Waals surface area contributed by atoms with Crippen LogP contribution in [0.3, 0.4) is 0 Å². The van der Waals surface area contributed by atoms with Gasteiger partial charge in [0.15, 0.2) is 0 Å². The average Bonchev–Trinajstić information content (AvgIpc) is 2.68. The highest BCUT2D eigenvalue weighted by molar-refractivity contribution is 7.89. The number of morpholine rings is 1. The number of sulfonamides is 1. The van der Waals surface area contributed by atoms with Gasteiger partial charge in [-0.2, -0.15) is 9.57 Å². The molecule has 1 aliphatic rings. The summed E-state index contributed by atoms with van der Waals surface area (Å²) in [5.41, 5.74) is 1.44. The molecule has 1 fully saturated rings. The Morgan fingerprint density at radius 1 is 1.16 bits per heavy atom. The van der Waals surface area contributed by atoms with Crippen LogP contribution in [0.2, 0.25) is 0 Å². The van der Waals surface area contributed by atoms with Gasteiger partial charge < -0.3 is 10.1 Å². The maximum atomic E-state index is 12.6. The van der Waals surface area contributed by atoms with Crippen molar-refractivity contribution in [3.63, 3.8) is 0 Å². The van der Waals surface area contributed by atoms with Crippen molar-refractivity contribution in [2.75, 3.05) is 31.6 Å². The summed E-state index contributed by atoms with van der Waals surface area (Å²) < 4.78 is 31.8. The van der Waals surface area contributed by atoms with Gasteiger partial charge in [-0.15, -0.1) is 0 Å². The van der Waals surface area contributed by atoms with Crippen LogP contribution in [-0.4, -0.2) is 44.0 Å². The number of nitrogens with one attached hydrogen (secondary N) is 1. The van der Waals surface area contributed by atoms with Crippen molar-refractivity contribution in [3.8, 4) is 6.07 Å². The van der Waals surface area contributed by atoms with E-state index < -0.39 is 10.0 Å². The van der Waals surface area contributed by atoms with E-state index in [9.17, 15) is 8.42 Å². The molecular formula is C17H18N4O3S. The summed E-state index contributed by atoms with van der Waals surface area (Å²) in [4.78, 5) is 4.42. The number of hydrogen-bond donors (Lipinski definition) is 1. The van der Waals surface area contributed by atoms with Gasteiger partial charge in [0.1, 0.15) is 11.9 Å². The van der Waals surface area contributed by atoms with E-state index in [4.69, 9.17) is 10.00 Å². The lowest BCUT2D eigenvalue weighted by Gasteiger charge is -2.26. The number of hydrogen-bond acceptors (Lipinski definition) is 6. The highest BCUT2D eigenvalue weighted by Crippen LogP contribution is 2.18.